The van der Waals surface area contributed by atoms with Gasteiger partial charge in [0.15, 0.2) is 0 Å². The van der Waals surface area contributed by atoms with Crippen LogP contribution < -0.4 is 11.0 Å². The van der Waals surface area contributed by atoms with Gasteiger partial charge in [-0.1, -0.05) is 26.0 Å². The van der Waals surface area contributed by atoms with Gasteiger partial charge in [0.2, 0.25) is 0 Å². The van der Waals surface area contributed by atoms with Crippen molar-refractivity contribution >= 4 is 11.9 Å². The predicted molar refractivity (Wildman–Crippen MR) is 104 cm³/mol. The van der Waals surface area contributed by atoms with Crippen molar-refractivity contribution in [3.63, 3.8) is 0 Å². The predicted octanol–water partition coefficient (Wildman–Crippen LogP) is 1.57. The van der Waals surface area contributed by atoms with Gasteiger partial charge in [-0.05, 0) is 36.5 Å². The topological polar surface area (TPSA) is 114 Å². The molecule has 3 N–H and O–H groups in total. The van der Waals surface area contributed by atoms with Crippen molar-refractivity contribution in [2.75, 3.05) is 0 Å². The number of carboxylic acids is 2. The van der Waals surface area contributed by atoms with Crippen molar-refractivity contribution in [1.82, 2.24) is 14.5 Å². The first-order valence-electron chi connectivity index (χ1n) is 9.39. The number of aromatic nitrogens is 2. The first kappa shape index (κ1) is 22.4. The highest BCUT2D eigenvalue weighted by atomic mass is 19.1. The summed E-state index contributed by atoms with van der Waals surface area (Å²) in [5.74, 6) is -2.63. The summed E-state index contributed by atoms with van der Waals surface area (Å²) in [6, 6.07) is 3.74. The first-order chi connectivity index (χ1) is 13.7. The number of halogens is 1. The van der Waals surface area contributed by atoms with Crippen LogP contribution in [0.3, 0.4) is 0 Å². The molecule has 0 saturated carbocycles. The van der Waals surface area contributed by atoms with Gasteiger partial charge in [-0.25, -0.2) is 9.18 Å². The molecule has 0 bridgehead atoms. The Balaban J connectivity index is 2.06. The zero-order valence-electron chi connectivity index (χ0n) is 16.4. The molecule has 29 heavy (non-hydrogen) atoms. The van der Waals surface area contributed by atoms with Gasteiger partial charge in [0.25, 0.3) is 0 Å². The lowest BCUT2D eigenvalue weighted by Crippen LogP contribution is -2.50. The van der Waals surface area contributed by atoms with Crippen LogP contribution in [0.15, 0.2) is 41.5 Å². The zero-order valence-corrected chi connectivity index (χ0v) is 16.4. The Morgan fingerprint density at radius 2 is 1.62 bits per heavy atom. The molecule has 1 aromatic heterocycles. The largest absolute Gasteiger partial charge is 0.480 e. The van der Waals surface area contributed by atoms with Crippen LogP contribution in [0.1, 0.15) is 25.8 Å². The number of imidazole rings is 1. The van der Waals surface area contributed by atoms with Gasteiger partial charge in [-0.2, -0.15) is 0 Å². The van der Waals surface area contributed by atoms with E-state index < -0.39 is 29.7 Å². The van der Waals surface area contributed by atoms with E-state index in [4.69, 9.17) is 0 Å². The van der Waals surface area contributed by atoms with Crippen LogP contribution in [-0.2, 0) is 29.1 Å². The molecular weight excluding hydrogens is 381 g/mol. The Morgan fingerprint density at radius 3 is 2.17 bits per heavy atom. The van der Waals surface area contributed by atoms with Crippen LogP contribution in [0.2, 0.25) is 0 Å². The molecule has 2 atom stereocenters. The van der Waals surface area contributed by atoms with Gasteiger partial charge >= 0.3 is 17.6 Å². The number of aliphatic carboxylic acids is 2. The maximum atomic E-state index is 13.0. The van der Waals surface area contributed by atoms with E-state index >= 15 is 0 Å². The molecule has 1 heterocycles. The van der Waals surface area contributed by atoms with Gasteiger partial charge in [0.05, 0.1) is 6.54 Å². The van der Waals surface area contributed by atoms with Crippen LogP contribution >= 0.6 is 0 Å². The van der Waals surface area contributed by atoms with E-state index in [1.54, 1.807) is 18.3 Å². The van der Waals surface area contributed by atoms with E-state index in [0.29, 0.717) is 13.0 Å². The van der Waals surface area contributed by atoms with Crippen molar-refractivity contribution in [2.24, 2.45) is 5.92 Å². The highest BCUT2D eigenvalue weighted by Gasteiger charge is 2.27. The van der Waals surface area contributed by atoms with E-state index in [2.05, 4.69) is 5.32 Å². The molecule has 0 aliphatic heterocycles. The molecule has 0 saturated heterocycles. The van der Waals surface area contributed by atoms with E-state index in [1.807, 2.05) is 13.8 Å². The summed E-state index contributed by atoms with van der Waals surface area (Å²) in [5.41, 5.74) is 0.477. The number of aryl methyl sites for hydroxylation is 2. The quantitative estimate of drug-likeness (QED) is 0.521. The molecule has 9 heteroatoms. The van der Waals surface area contributed by atoms with Gasteiger partial charge in [0.1, 0.15) is 17.9 Å². The van der Waals surface area contributed by atoms with Gasteiger partial charge < -0.3 is 10.2 Å². The number of nitrogens with one attached hydrogen (secondary N) is 1. The number of hydrogen-bond acceptors (Lipinski definition) is 4. The van der Waals surface area contributed by atoms with Crippen LogP contribution in [0.5, 0.6) is 0 Å². The Kier molecular flexibility index (Phi) is 7.72. The molecule has 0 fully saturated rings. The zero-order chi connectivity index (χ0) is 21.6. The van der Waals surface area contributed by atoms with Crippen molar-refractivity contribution in [3.8, 4) is 0 Å². The van der Waals surface area contributed by atoms with Crippen LogP contribution in [0, 0.1) is 11.7 Å². The standard InChI is InChI=1S/C20H26FN3O5/c1-13(2)11-16(18(25)26)22-17(19(27)28)12-24-10-9-23(20(24)29)8-7-14-3-5-15(21)6-4-14/h3-6,9-10,13,16-17,22H,7-8,11-12H2,1-2H3,(H,25,26)(H,27,28). The molecule has 0 spiro atoms. The normalized spacial score (nSPS) is 13.4. The van der Waals surface area contributed by atoms with Crippen molar-refractivity contribution in [2.45, 2.75) is 51.9 Å². The summed E-state index contributed by atoms with van der Waals surface area (Å²) in [6.07, 6.45) is 3.81. The molecular formula is C20H26FN3O5. The second-order valence-electron chi connectivity index (χ2n) is 7.38. The molecule has 0 aliphatic rings. The van der Waals surface area contributed by atoms with Gasteiger partial charge in [-0.3, -0.25) is 24.0 Å². The number of rotatable bonds is 11. The lowest BCUT2D eigenvalue weighted by atomic mass is 10.0. The summed E-state index contributed by atoms with van der Waals surface area (Å²) in [5, 5.41) is 21.4. The van der Waals surface area contributed by atoms with Crippen molar-refractivity contribution < 1.29 is 24.2 Å². The molecule has 2 rings (SSSR count). The fraction of sp³-hybridized carbons (Fsp3) is 0.450. The van der Waals surface area contributed by atoms with E-state index in [0.717, 1.165) is 5.56 Å². The van der Waals surface area contributed by atoms with Crippen LogP contribution in [-0.4, -0.2) is 43.4 Å². The molecule has 2 aromatic rings. The monoisotopic (exact) mass is 407 g/mol. The first-order valence-corrected chi connectivity index (χ1v) is 9.39. The summed E-state index contributed by atoms with van der Waals surface area (Å²) in [7, 11) is 0. The third kappa shape index (κ3) is 6.56. The average Bonchev–Trinajstić information content (AvgIpc) is 2.99. The number of nitrogens with zero attached hydrogens (tertiary/aromatic N) is 2. The van der Waals surface area contributed by atoms with Crippen molar-refractivity contribution in [1.29, 1.82) is 0 Å². The number of carbonyl (C=O) groups is 2. The fourth-order valence-electron chi connectivity index (χ4n) is 3.02. The van der Waals surface area contributed by atoms with Crippen molar-refractivity contribution in [3.05, 3.63) is 58.5 Å². The maximum absolute atomic E-state index is 13.0. The molecule has 2 unspecified atom stereocenters. The SMILES string of the molecule is CC(C)CC(NC(Cn1ccn(CCc2ccc(F)cc2)c1=O)C(=O)O)C(=O)O. The Hall–Kier alpha value is -2.94. The van der Waals surface area contributed by atoms with E-state index in [-0.39, 0.29) is 24.7 Å². The second-order valence-corrected chi connectivity index (χ2v) is 7.38. The highest BCUT2D eigenvalue weighted by molar-refractivity contribution is 5.77. The van der Waals surface area contributed by atoms with Gasteiger partial charge in [0, 0.05) is 18.9 Å². The minimum atomic E-state index is -1.23. The third-order valence-electron chi connectivity index (χ3n) is 4.56. The Morgan fingerprint density at radius 1 is 1.03 bits per heavy atom. The number of benzene rings is 1. The van der Waals surface area contributed by atoms with Crippen LogP contribution in [0.4, 0.5) is 4.39 Å². The summed E-state index contributed by atoms with van der Waals surface area (Å²) < 4.78 is 15.6. The van der Waals surface area contributed by atoms with Gasteiger partial charge in [-0.15, -0.1) is 0 Å². The maximum Gasteiger partial charge on any atom is 0.328 e. The minimum absolute atomic E-state index is 0.0633. The number of hydrogen-bond donors (Lipinski definition) is 3. The third-order valence-corrected chi connectivity index (χ3v) is 4.56. The molecule has 0 radical (unpaired) electrons. The Bertz CT molecular complexity index is 888. The van der Waals surface area contributed by atoms with Crippen LogP contribution in [0.25, 0.3) is 0 Å². The van der Waals surface area contributed by atoms with E-state index in [1.165, 1.54) is 27.5 Å². The minimum Gasteiger partial charge on any atom is -0.480 e. The molecule has 0 aliphatic carbocycles. The summed E-state index contributed by atoms with van der Waals surface area (Å²) in [6.45, 7) is 3.85. The van der Waals surface area contributed by atoms with E-state index in [9.17, 15) is 29.0 Å². The summed E-state index contributed by atoms with van der Waals surface area (Å²) >= 11 is 0. The smallest absolute Gasteiger partial charge is 0.328 e. The molecule has 0 amide bonds. The molecule has 158 valence electrons. The number of carboxylic acid groups (broad SMARTS) is 2. The Labute approximate surface area is 167 Å². The molecule has 8 nitrogen and oxygen atoms in total. The second kappa shape index (κ2) is 10.0. The average molecular weight is 407 g/mol. The lowest BCUT2D eigenvalue weighted by Gasteiger charge is -2.21. The molecule has 1 aromatic carbocycles. The highest BCUT2D eigenvalue weighted by Crippen LogP contribution is 2.07. The summed E-state index contributed by atoms with van der Waals surface area (Å²) in [4.78, 5) is 35.5. The fourth-order valence-corrected chi connectivity index (χ4v) is 3.02. The lowest BCUT2D eigenvalue weighted by molar-refractivity contribution is -0.143.